The molecule has 1 aliphatic carbocycles. The van der Waals surface area contributed by atoms with Crippen molar-refractivity contribution in [2.24, 2.45) is 0 Å². The molecular weight excluding hydrogens is 354 g/mol. The van der Waals surface area contributed by atoms with Gasteiger partial charge in [0.1, 0.15) is 0 Å². The van der Waals surface area contributed by atoms with Gasteiger partial charge in [0.2, 0.25) is 5.95 Å². The SMILES string of the molecule is O=C(c1ccc(F)c(F)c1)N1CCN(c2nc3c(c(=O)[nH]2)CCCC3)CC1. The summed E-state index contributed by atoms with van der Waals surface area (Å²) in [6.07, 6.45) is 3.65. The summed E-state index contributed by atoms with van der Waals surface area (Å²) in [5, 5.41) is 0. The van der Waals surface area contributed by atoms with Crippen molar-refractivity contribution in [2.45, 2.75) is 25.7 Å². The number of fused-ring (bicyclic) bond motifs is 1. The average molecular weight is 374 g/mol. The summed E-state index contributed by atoms with van der Waals surface area (Å²) >= 11 is 0. The molecule has 1 aromatic heterocycles. The predicted molar refractivity (Wildman–Crippen MR) is 96.0 cm³/mol. The van der Waals surface area contributed by atoms with E-state index < -0.39 is 11.6 Å². The first-order valence-corrected chi connectivity index (χ1v) is 9.14. The lowest BCUT2D eigenvalue weighted by Crippen LogP contribution is -2.49. The van der Waals surface area contributed by atoms with E-state index in [2.05, 4.69) is 9.97 Å². The van der Waals surface area contributed by atoms with Gasteiger partial charge in [-0.25, -0.2) is 13.8 Å². The zero-order valence-electron chi connectivity index (χ0n) is 14.8. The topological polar surface area (TPSA) is 69.3 Å². The second-order valence-electron chi connectivity index (χ2n) is 6.93. The van der Waals surface area contributed by atoms with Crippen LogP contribution in [0.15, 0.2) is 23.0 Å². The summed E-state index contributed by atoms with van der Waals surface area (Å²) in [6, 6.07) is 3.17. The van der Waals surface area contributed by atoms with Crippen molar-refractivity contribution in [1.29, 1.82) is 0 Å². The minimum absolute atomic E-state index is 0.0741. The quantitative estimate of drug-likeness (QED) is 0.872. The van der Waals surface area contributed by atoms with Crippen molar-refractivity contribution >= 4 is 11.9 Å². The zero-order valence-corrected chi connectivity index (χ0v) is 14.8. The lowest BCUT2D eigenvalue weighted by molar-refractivity contribution is 0.0745. The number of benzene rings is 1. The van der Waals surface area contributed by atoms with Crippen molar-refractivity contribution in [1.82, 2.24) is 14.9 Å². The van der Waals surface area contributed by atoms with E-state index in [1.165, 1.54) is 6.07 Å². The van der Waals surface area contributed by atoms with Crippen LogP contribution in [0.1, 0.15) is 34.5 Å². The molecule has 1 aromatic carbocycles. The number of H-pyrrole nitrogens is 1. The van der Waals surface area contributed by atoms with Crippen LogP contribution in [-0.2, 0) is 12.8 Å². The maximum atomic E-state index is 13.4. The zero-order chi connectivity index (χ0) is 19.0. The Labute approximate surface area is 154 Å². The highest BCUT2D eigenvalue weighted by Gasteiger charge is 2.25. The highest BCUT2D eigenvalue weighted by Crippen LogP contribution is 2.19. The molecule has 4 rings (SSSR count). The van der Waals surface area contributed by atoms with E-state index in [9.17, 15) is 18.4 Å². The average Bonchev–Trinajstić information content (AvgIpc) is 2.69. The van der Waals surface area contributed by atoms with Gasteiger partial charge < -0.3 is 9.80 Å². The lowest BCUT2D eigenvalue weighted by atomic mass is 9.97. The van der Waals surface area contributed by atoms with Gasteiger partial charge in [-0.05, 0) is 43.9 Å². The molecule has 2 aromatic rings. The molecule has 1 N–H and O–H groups in total. The number of aromatic nitrogens is 2. The van der Waals surface area contributed by atoms with Gasteiger partial charge in [-0.2, -0.15) is 0 Å². The number of nitrogens with zero attached hydrogens (tertiary/aromatic N) is 3. The first-order chi connectivity index (χ1) is 13.0. The number of aryl methyl sites for hydroxylation is 1. The van der Waals surface area contributed by atoms with Gasteiger partial charge in [0.25, 0.3) is 11.5 Å². The van der Waals surface area contributed by atoms with Crippen molar-refractivity contribution in [3.8, 4) is 0 Å². The number of halogens is 2. The second kappa shape index (κ2) is 7.09. The van der Waals surface area contributed by atoms with E-state index in [4.69, 9.17) is 0 Å². The molecule has 0 spiro atoms. The molecule has 8 heteroatoms. The fourth-order valence-corrected chi connectivity index (χ4v) is 3.67. The lowest BCUT2D eigenvalue weighted by Gasteiger charge is -2.35. The molecule has 0 atom stereocenters. The van der Waals surface area contributed by atoms with Gasteiger partial charge in [0, 0.05) is 37.3 Å². The summed E-state index contributed by atoms with van der Waals surface area (Å²) in [5.74, 6) is -1.80. The Hall–Kier alpha value is -2.77. The van der Waals surface area contributed by atoms with E-state index in [1.54, 1.807) is 4.90 Å². The van der Waals surface area contributed by atoms with Crippen LogP contribution in [0.2, 0.25) is 0 Å². The van der Waals surface area contributed by atoms with E-state index >= 15 is 0 Å². The number of aromatic amines is 1. The normalized spacial score (nSPS) is 17.0. The van der Waals surface area contributed by atoms with Crippen molar-refractivity contribution in [3.63, 3.8) is 0 Å². The summed E-state index contributed by atoms with van der Waals surface area (Å²) in [4.78, 5) is 35.8. The minimum Gasteiger partial charge on any atom is -0.339 e. The van der Waals surface area contributed by atoms with Crippen molar-refractivity contribution in [2.75, 3.05) is 31.1 Å². The number of rotatable bonds is 2. The Bertz CT molecular complexity index is 936. The maximum absolute atomic E-state index is 13.4. The van der Waals surface area contributed by atoms with E-state index in [1.807, 2.05) is 4.90 Å². The van der Waals surface area contributed by atoms with Crippen molar-refractivity contribution in [3.05, 3.63) is 57.0 Å². The molecule has 1 amide bonds. The molecule has 6 nitrogen and oxygen atoms in total. The molecule has 142 valence electrons. The Balaban J connectivity index is 1.46. The molecule has 1 saturated heterocycles. The van der Waals surface area contributed by atoms with E-state index in [0.29, 0.717) is 32.1 Å². The number of hydrogen-bond acceptors (Lipinski definition) is 4. The molecular formula is C19H20F2N4O2. The van der Waals surface area contributed by atoms with Gasteiger partial charge in [-0.15, -0.1) is 0 Å². The molecule has 1 aliphatic heterocycles. The fourth-order valence-electron chi connectivity index (χ4n) is 3.67. The monoisotopic (exact) mass is 374 g/mol. The third kappa shape index (κ3) is 3.43. The molecule has 0 unspecified atom stereocenters. The number of piperazine rings is 1. The number of carbonyl (C=O) groups excluding carboxylic acids is 1. The van der Waals surface area contributed by atoms with Gasteiger partial charge >= 0.3 is 0 Å². The highest BCUT2D eigenvalue weighted by atomic mass is 19.2. The smallest absolute Gasteiger partial charge is 0.255 e. The second-order valence-corrected chi connectivity index (χ2v) is 6.93. The number of anilines is 1. The van der Waals surface area contributed by atoms with Crippen LogP contribution in [0.5, 0.6) is 0 Å². The number of nitrogens with one attached hydrogen (secondary N) is 1. The third-order valence-corrected chi connectivity index (χ3v) is 5.21. The van der Waals surface area contributed by atoms with Gasteiger partial charge in [-0.3, -0.25) is 14.6 Å². The van der Waals surface area contributed by atoms with Crippen LogP contribution in [0, 0.1) is 11.6 Å². The van der Waals surface area contributed by atoms with Crippen LogP contribution in [0.25, 0.3) is 0 Å². The van der Waals surface area contributed by atoms with Crippen LogP contribution in [0.4, 0.5) is 14.7 Å². The standard InChI is InChI=1S/C19H20F2N4O2/c20-14-6-5-12(11-15(14)21)18(27)24-7-9-25(10-8-24)19-22-16-4-2-1-3-13(16)17(26)23-19/h5-6,11H,1-4,7-10H2,(H,22,23,26). The maximum Gasteiger partial charge on any atom is 0.255 e. The van der Waals surface area contributed by atoms with Crippen LogP contribution < -0.4 is 10.5 Å². The summed E-state index contributed by atoms with van der Waals surface area (Å²) in [5.41, 5.74) is 1.72. The largest absolute Gasteiger partial charge is 0.339 e. The van der Waals surface area contributed by atoms with Gasteiger partial charge in [0.15, 0.2) is 11.6 Å². The molecule has 0 radical (unpaired) electrons. The first-order valence-electron chi connectivity index (χ1n) is 9.14. The molecule has 0 saturated carbocycles. The van der Waals surface area contributed by atoms with Crippen LogP contribution in [-0.4, -0.2) is 47.0 Å². The molecule has 0 bridgehead atoms. The number of carbonyl (C=O) groups is 1. The van der Waals surface area contributed by atoms with Crippen LogP contribution in [0.3, 0.4) is 0 Å². The minimum atomic E-state index is -1.03. The molecule has 2 aliphatic rings. The van der Waals surface area contributed by atoms with Gasteiger partial charge in [0.05, 0.1) is 5.69 Å². The molecule has 1 fully saturated rings. The Morgan fingerprint density at radius 2 is 1.78 bits per heavy atom. The number of amides is 1. The Kier molecular flexibility index (Phi) is 4.63. The van der Waals surface area contributed by atoms with E-state index in [-0.39, 0.29) is 17.0 Å². The molecule has 27 heavy (non-hydrogen) atoms. The highest BCUT2D eigenvalue weighted by molar-refractivity contribution is 5.94. The van der Waals surface area contributed by atoms with E-state index in [0.717, 1.165) is 49.1 Å². The fraction of sp³-hybridized carbons (Fsp3) is 0.421. The van der Waals surface area contributed by atoms with Crippen molar-refractivity contribution < 1.29 is 13.6 Å². The summed E-state index contributed by atoms with van der Waals surface area (Å²) < 4.78 is 26.4. The first kappa shape index (κ1) is 17.6. The van der Waals surface area contributed by atoms with Crippen LogP contribution >= 0.6 is 0 Å². The summed E-state index contributed by atoms with van der Waals surface area (Å²) in [6.45, 7) is 1.85. The Morgan fingerprint density at radius 1 is 1.04 bits per heavy atom. The van der Waals surface area contributed by atoms with Gasteiger partial charge in [-0.1, -0.05) is 0 Å². The number of hydrogen-bond donors (Lipinski definition) is 1. The summed E-state index contributed by atoms with van der Waals surface area (Å²) in [7, 11) is 0. The Morgan fingerprint density at radius 3 is 2.52 bits per heavy atom. The molecule has 2 heterocycles. The predicted octanol–water partition coefficient (Wildman–Crippen LogP) is 1.89. The third-order valence-electron chi connectivity index (χ3n) is 5.21.